The molecule has 1 nitrogen and oxygen atoms in total. The number of Topliss-reactive ketones (excluding diaryl/α,β-unsaturated/α-hetero) is 1. The number of hydrogen-bond donors (Lipinski definition) is 0. The second-order valence-electron chi connectivity index (χ2n) is 4.37. The zero-order valence-corrected chi connectivity index (χ0v) is 8.29. The summed E-state index contributed by atoms with van der Waals surface area (Å²) in [6.07, 6.45) is 5.23. The molecule has 0 aromatic heterocycles. The lowest BCUT2D eigenvalue weighted by Gasteiger charge is -2.42. The van der Waals surface area contributed by atoms with Crippen LogP contribution in [0, 0.1) is 23.7 Å². The number of carbonyl (C=O) groups is 1. The van der Waals surface area contributed by atoms with Crippen LogP contribution in [0.25, 0.3) is 0 Å². The highest BCUT2D eigenvalue weighted by atomic mass is 16.1. The Labute approximate surface area is 79.5 Å². The van der Waals surface area contributed by atoms with Gasteiger partial charge in [0.15, 0.2) is 0 Å². The summed E-state index contributed by atoms with van der Waals surface area (Å²) in [6.45, 7) is 8.02. The summed E-state index contributed by atoms with van der Waals surface area (Å²) in [7, 11) is 0. The minimum atomic E-state index is 0.137. The molecule has 3 rings (SSSR count). The average molecular weight is 176 g/mol. The zero-order chi connectivity index (χ0) is 9.59. The van der Waals surface area contributed by atoms with Gasteiger partial charge in [-0.1, -0.05) is 24.6 Å². The smallest absolute Gasteiger partial charge is 0.143 e. The monoisotopic (exact) mass is 176 g/mol. The molecule has 3 unspecified atom stereocenters. The van der Waals surface area contributed by atoms with Gasteiger partial charge in [-0.3, -0.25) is 4.79 Å². The fourth-order valence-electron chi connectivity index (χ4n) is 2.79. The summed E-state index contributed by atoms with van der Waals surface area (Å²) in [6, 6.07) is 0. The van der Waals surface area contributed by atoms with Crippen molar-refractivity contribution >= 4 is 5.78 Å². The first kappa shape index (κ1) is 8.74. The van der Waals surface area contributed by atoms with Gasteiger partial charge in [0.2, 0.25) is 0 Å². The fourth-order valence-corrected chi connectivity index (χ4v) is 2.79. The minimum absolute atomic E-state index is 0.137. The minimum Gasteiger partial charge on any atom is -0.299 e. The topological polar surface area (TPSA) is 17.1 Å². The molecule has 70 valence electrons. The van der Waals surface area contributed by atoms with E-state index >= 15 is 0 Å². The SMILES string of the molecule is C=C[C@H]1CC2C(C)=CC1C(=O)C2C. The molecule has 0 saturated heterocycles. The van der Waals surface area contributed by atoms with Crippen LogP contribution in [0.2, 0.25) is 0 Å². The highest BCUT2D eigenvalue weighted by Crippen LogP contribution is 2.45. The van der Waals surface area contributed by atoms with Crippen molar-refractivity contribution in [3.05, 3.63) is 24.3 Å². The molecule has 1 saturated carbocycles. The predicted octanol–water partition coefficient (Wildman–Crippen LogP) is 2.59. The molecule has 0 aromatic carbocycles. The average Bonchev–Trinajstić information content (AvgIpc) is 2.13. The molecule has 4 atom stereocenters. The lowest BCUT2D eigenvalue weighted by Crippen LogP contribution is -2.42. The molecule has 1 fully saturated rings. The molecule has 3 aliphatic carbocycles. The van der Waals surface area contributed by atoms with Crippen molar-refractivity contribution in [2.75, 3.05) is 0 Å². The molecular weight excluding hydrogens is 160 g/mol. The van der Waals surface area contributed by atoms with E-state index in [1.165, 1.54) is 5.57 Å². The normalized spacial score (nSPS) is 43.2. The lowest BCUT2D eigenvalue weighted by molar-refractivity contribution is -0.131. The first-order chi connectivity index (χ1) is 6.15. The van der Waals surface area contributed by atoms with E-state index in [9.17, 15) is 4.79 Å². The maximum absolute atomic E-state index is 11.8. The summed E-state index contributed by atoms with van der Waals surface area (Å²) in [5, 5.41) is 0. The third-order valence-corrected chi connectivity index (χ3v) is 3.70. The van der Waals surface area contributed by atoms with Crippen LogP contribution >= 0.6 is 0 Å². The molecule has 0 aliphatic heterocycles. The van der Waals surface area contributed by atoms with Crippen LogP contribution in [0.15, 0.2) is 24.3 Å². The van der Waals surface area contributed by atoms with E-state index in [1.54, 1.807) is 0 Å². The summed E-state index contributed by atoms with van der Waals surface area (Å²) < 4.78 is 0. The number of rotatable bonds is 1. The van der Waals surface area contributed by atoms with Crippen LogP contribution in [0.4, 0.5) is 0 Å². The summed E-state index contributed by atoms with van der Waals surface area (Å²) in [5.74, 6) is 1.69. The van der Waals surface area contributed by atoms with Crippen molar-refractivity contribution in [2.45, 2.75) is 20.3 Å². The molecule has 0 radical (unpaired) electrons. The maximum Gasteiger partial charge on any atom is 0.143 e. The van der Waals surface area contributed by atoms with Gasteiger partial charge in [-0.15, -0.1) is 6.58 Å². The highest BCUT2D eigenvalue weighted by molar-refractivity contribution is 5.88. The quantitative estimate of drug-likeness (QED) is 0.561. The van der Waals surface area contributed by atoms with Crippen LogP contribution in [0.1, 0.15) is 20.3 Å². The van der Waals surface area contributed by atoms with E-state index in [4.69, 9.17) is 0 Å². The number of carbonyl (C=O) groups excluding carboxylic acids is 1. The standard InChI is InChI=1S/C12H16O/c1-4-9-6-10-7(2)5-11(9)12(13)8(10)3/h4-5,8-11H,1,6H2,2-3H3/t8?,9-,10?,11?/m0/s1. The number of hydrogen-bond acceptors (Lipinski definition) is 1. The van der Waals surface area contributed by atoms with Crippen molar-refractivity contribution in [3.8, 4) is 0 Å². The van der Waals surface area contributed by atoms with Gasteiger partial charge in [-0.2, -0.15) is 0 Å². The Morgan fingerprint density at radius 2 is 2.31 bits per heavy atom. The van der Waals surface area contributed by atoms with Gasteiger partial charge in [0.05, 0.1) is 0 Å². The third-order valence-electron chi connectivity index (χ3n) is 3.70. The molecular formula is C12H16O. The fraction of sp³-hybridized carbons (Fsp3) is 0.583. The molecule has 3 aliphatic rings. The second-order valence-corrected chi connectivity index (χ2v) is 4.37. The van der Waals surface area contributed by atoms with E-state index in [-0.39, 0.29) is 11.8 Å². The van der Waals surface area contributed by atoms with Gasteiger partial charge in [-0.25, -0.2) is 0 Å². The molecule has 2 bridgehead atoms. The van der Waals surface area contributed by atoms with Gasteiger partial charge in [0, 0.05) is 11.8 Å². The highest BCUT2D eigenvalue weighted by Gasteiger charge is 2.43. The largest absolute Gasteiger partial charge is 0.299 e. The Kier molecular flexibility index (Phi) is 1.90. The number of allylic oxidation sites excluding steroid dienone is 3. The first-order valence-electron chi connectivity index (χ1n) is 4.99. The summed E-state index contributed by atoms with van der Waals surface area (Å²) >= 11 is 0. The van der Waals surface area contributed by atoms with Gasteiger partial charge in [0.1, 0.15) is 5.78 Å². The molecule has 1 heteroatoms. The Balaban J connectivity index is 2.39. The maximum atomic E-state index is 11.8. The summed E-state index contributed by atoms with van der Waals surface area (Å²) in [4.78, 5) is 11.8. The summed E-state index contributed by atoms with van der Waals surface area (Å²) in [5.41, 5.74) is 1.41. The zero-order valence-electron chi connectivity index (χ0n) is 8.29. The van der Waals surface area contributed by atoms with Gasteiger partial charge in [-0.05, 0) is 25.2 Å². The van der Waals surface area contributed by atoms with Crippen molar-refractivity contribution in [3.63, 3.8) is 0 Å². The molecule has 13 heavy (non-hydrogen) atoms. The van der Waals surface area contributed by atoms with Crippen LogP contribution in [0.5, 0.6) is 0 Å². The predicted molar refractivity (Wildman–Crippen MR) is 53.2 cm³/mol. The number of fused-ring (bicyclic) bond motifs is 2. The van der Waals surface area contributed by atoms with Gasteiger partial charge >= 0.3 is 0 Å². The van der Waals surface area contributed by atoms with Crippen molar-refractivity contribution in [2.24, 2.45) is 23.7 Å². The Morgan fingerprint density at radius 3 is 2.92 bits per heavy atom. The van der Waals surface area contributed by atoms with Crippen molar-refractivity contribution in [1.82, 2.24) is 0 Å². The molecule has 0 amide bonds. The van der Waals surface area contributed by atoms with Crippen LogP contribution in [-0.2, 0) is 4.79 Å². The van der Waals surface area contributed by atoms with Crippen molar-refractivity contribution in [1.29, 1.82) is 0 Å². The molecule has 0 aromatic rings. The Bertz CT molecular complexity index is 287. The number of ketones is 1. The van der Waals surface area contributed by atoms with E-state index in [2.05, 4.69) is 26.5 Å². The first-order valence-corrected chi connectivity index (χ1v) is 4.99. The Morgan fingerprint density at radius 1 is 1.62 bits per heavy atom. The Hall–Kier alpha value is -0.850. The molecule has 0 N–H and O–H groups in total. The van der Waals surface area contributed by atoms with Crippen molar-refractivity contribution < 1.29 is 4.79 Å². The third kappa shape index (κ3) is 1.10. The van der Waals surface area contributed by atoms with Crippen LogP contribution in [0.3, 0.4) is 0 Å². The lowest BCUT2D eigenvalue weighted by atomic mass is 9.61. The van der Waals surface area contributed by atoms with E-state index in [0.717, 1.165) is 6.42 Å². The van der Waals surface area contributed by atoms with Crippen LogP contribution in [-0.4, -0.2) is 5.78 Å². The van der Waals surface area contributed by atoms with Crippen LogP contribution < -0.4 is 0 Å². The van der Waals surface area contributed by atoms with E-state index in [1.807, 2.05) is 6.08 Å². The molecule has 0 spiro atoms. The van der Waals surface area contributed by atoms with Gasteiger partial charge in [0.25, 0.3) is 0 Å². The van der Waals surface area contributed by atoms with E-state index < -0.39 is 0 Å². The molecule has 0 heterocycles. The van der Waals surface area contributed by atoms with E-state index in [0.29, 0.717) is 17.6 Å². The van der Waals surface area contributed by atoms with Gasteiger partial charge < -0.3 is 0 Å². The second kappa shape index (κ2) is 2.83.